The van der Waals surface area contributed by atoms with Crippen LogP contribution < -0.4 is 4.90 Å². The Morgan fingerprint density at radius 3 is 2.64 bits per heavy atom. The number of rotatable bonds is 2. The van der Waals surface area contributed by atoms with Gasteiger partial charge in [0, 0.05) is 39.1 Å². The van der Waals surface area contributed by atoms with Gasteiger partial charge in [-0.3, -0.25) is 4.79 Å². The number of imidazole rings is 1. The molecule has 1 saturated heterocycles. The lowest BCUT2D eigenvalue weighted by Gasteiger charge is -2.36. The van der Waals surface area contributed by atoms with E-state index in [9.17, 15) is 4.79 Å². The van der Waals surface area contributed by atoms with Gasteiger partial charge in [0.25, 0.3) is 0 Å². The molecule has 2 aliphatic heterocycles. The largest absolute Gasteiger partial charge is 0.355 e. The zero-order chi connectivity index (χ0) is 19.1. The van der Waals surface area contributed by atoms with E-state index in [1.54, 1.807) is 12.7 Å². The fourth-order valence-corrected chi connectivity index (χ4v) is 4.44. The number of hydrogen-bond donors (Lipinski definition) is 0. The highest BCUT2D eigenvalue weighted by molar-refractivity contribution is 5.84. The zero-order valence-corrected chi connectivity index (χ0v) is 16.1. The fraction of sp³-hybridized carbons (Fsp3) is 0.429. The van der Waals surface area contributed by atoms with Crippen LogP contribution in [-0.4, -0.2) is 50.0 Å². The number of carbonyl (C=O) groups is 1. The normalized spacial score (nSPS) is 17.8. The van der Waals surface area contributed by atoms with Crippen molar-refractivity contribution in [2.24, 2.45) is 13.0 Å². The molecule has 0 N–H and O–H groups in total. The zero-order valence-electron chi connectivity index (χ0n) is 16.1. The topological polar surface area (TPSA) is 67.2 Å². The minimum Gasteiger partial charge on any atom is -0.355 e. The molecule has 0 unspecified atom stereocenters. The standard InChI is InChI=1S/C21H24N6O/c1-25-14-24-18-19(25)22-13-23-20(18)26-9-7-16(8-10-26)21(28)27-11-6-15-4-2-3-5-17(15)12-27/h2-5,13-14,16H,6-12H2,1H3. The van der Waals surface area contributed by atoms with Crippen molar-refractivity contribution in [3.63, 3.8) is 0 Å². The quantitative estimate of drug-likeness (QED) is 0.686. The highest BCUT2D eigenvalue weighted by Gasteiger charge is 2.31. The number of aryl methyl sites for hydroxylation is 1. The van der Waals surface area contributed by atoms with Crippen molar-refractivity contribution in [2.45, 2.75) is 25.8 Å². The van der Waals surface area contributed by atoms with Gasteiger partial charge in [0.1, 0.15) is 6.33 Å². The van der Waals surface area contributed by atoms with Crippen LogP contribution in [0.2, 0.25) is 0 Å². The molecule has 7 heteroatoms. The summed E-state index contributed by atoms with van der Waals surface area (Å²) < 4.78 is 1.91. The number of aromatic nitrogens is 4. The molecule has 0 radical (unpaired) electrons. The number of carbonyl (C=O) groups excluding carboxylic acids is 1. The monoisotopic (exact) mass is 376 g/mol. The van der Waals surface area contributed by atoms with E-state index >= 15 is 0 Å². The Balaban J connectivity index is 1.26. The molecule has 28 heavy (non-hydrogen) atoms. The molecule has 5 rings (SSSR count). The number of fused-ring (bicyclic) bond motifs is 2. The SMILES string of the molecule is Cn1cnc2c(N3CCC(C(=O)N4CCc5ccccc5C4)CC3)ncnc21. The third-order valence-electron chi connectivity index (χ3n) is 6.06. The van der Waals surface area contributed by atoms with Crippen LogP contribution in [0.4, 0.5) is 5.82 Å². The number of anilines is 1. The molecule has 2 aliphatic rings. The molecule has 1 fully saturated rings. The summed E-state index contributed by atoms with van der Waals surface area (Å²) in [6.07, 6.45) is 6.04. The van der Waals surface area contributed by atoms with Crippen LogP contribution in [0.25, 0.3) is 11.2 Å². The van der Waals surface area contributed by atoms with Crippen molar-refractivity contribution in [3.05, 3.63) is 48.0 Å². The molecule has 1 amide bonds. The van der Waals surface area contributed by atoms with E-state index in [0.717, 1.165) is 62.4 Å². The van der Waals surface area contributed by atoms with Gasteiger partial charge in [-0.2, -0.15) is 0 Å². The molecular weight excluding hydrogens is 352 g/mol. The Labute approximate surface area is 164 Å². The lowest BCUT2D eigenvalue weighted by molar-refractivity contribution is -0.137. The number of amides is 1. The predicted molar refractivity (Wildman–Crippen MR) is 107 cm³/mol. The van der Waals surface area contributed by atoms with Gasteiger partial charge in [0.2, 0.25) is 5.91 Å². The smallest absolute Gasteiger partial charge is 0.226 e. The van der Waals surface area contributed by atoms with E-state index in [2.05, 4.69) is 44.1 Å². The minimum absolute atomic E-state index is 0.0996. The maximum atomic E-state index is 13.1. The summed E-state index contributed by atoms with van der Waals surface area (Å²) in [5, 5.41) is 0. The lowest BCUT2D eigenvalue weighted by Crippen LogP contribution is -2.44. The second-order valence-electron chi connectivity index (χ2n) is 7.76. The second kappa shape index (κ2) is 6.89. The molecule has 0 spiro atoms. The number of benzene rings is 1. The van der Waals surface area contributed by atoms with Gasteiger partial charge in [-0.15, -0.1) is 0 Å². The summed E-state index contributed by atoms with van der Waals surface area (Å²) in [4.78, 5) is 30.6. The molecule has 0 bridgehead atoms. The number of nitrogens with zero attached hydrogens (tertiary/aromatic N) is 6. The first kappa shape index (κ1) is 17.2. The summed E-state index contributed by atoms with van der Waals surface area (Å²) in [6.45, 7) is 3.22. The summed E-state index contributed by atoms with van der Waals surface area (Å²) in [7, 11) is 1.94. The van der Waals surface area contributed by atoms with E-state index in [1.165, 1.54) is 11.1 Å². The summed E-state index contributed by atoms with van der Waals surface area (Å²) in [5.41, 5.74) is 4.35. The Morgan fingerprint density at radius 2 is 1.82 bits per heavy atom. The van der Waals surface area contributed by atoms with Gasteiger partial charge in [0.15, 0.2) is 17.0 Å². The van der Waals surface area contributed by atoms with E-state index in [1.807, 2.05) is 16.5 Å². The van der Waals surface area contributed by atoms with Crippen molar-refractivity contribution in [2.75, 3.05) is 24.5 Å². The Kier molecular flexibility index (Phi) is 4.22. The van der Waals surface area contributed by atoms with Crippen molar-refractivity contribution in [3.8, 4) is 0 Å². The molecule has 3 aromatic rings. The molecule has 0 atom stereocenters. The van der Waals surface area contributed by atoms with Crippen LogP contribution in [0.3, 0.4) is 0 Å². The molecule has 4 heterocycles. The predicted octanol–water partition coefficient (Wildman–Crippen LogP) is 2.16. The Bertz CT molecular complexity index is 1020. The van der Waals surface area contributed by atoms with Gasteiger partial charge >= 0.3 is 0 Å². The van der Waals surface area contributed by atoms with Crippen LogP contribution in [0.1, 0.15) is 24.0 Å². The number of piperidine rings is 1. The van der Waals surface area contributed by atoms with Gasteiger partial charge in [-0.05, 0) is 30.4 Å². The first-order chi connectivity index (χ1) is 13.7. The van der Waals surface area contributed by atoms with Crippen LogP contribution in [0, 0.1) is 5.92 Å². The summed E-state index contributed by atoms with van der Waals surface area (Å²) in [5.74, 6) is 1.28. The maximum Gasteiger partial charge on any atom is 0.226 e. The minimum atomic E-state index is 0.0996. The van der Waals surface area contributed by atoms with Crippen molar-refractivity contribution >= 4 is 22.9 Å². The third kappa shape index (κ3) is 2.91. The van der Waals surface area contributed by atoms with Gasteiger partial charge in [-0.1, -0.05) is 24.3 Å². The molecule has 1 aromatic carbocycles. The van der Waals surface area contributed by atoms with Crippen molar-refractivity contribution in [1.82, 2.24) is 24.4 Å². The summed E-state index contributed by atoms with van der Waals surface area (Å²) >= 11 is 0. The van der Waals surface area contributed by atoms with E-state index < -0.39 is 0 Å². The van der Waals surface area contributed by atoms with E-state index in [0.29, 0.717) is 5.91 Å². The first-order valence-electron chi connectivity index (χ1n) is 9.93. The van der Waals surface area contributed by atoms with E-state index in [4.69, 9.17) is 0 Å². The highest BCUT2D eigenvalue weighted by Crippen LogP contribution is 2.28. The van der Waals surface area contributed by atoms with Crippen molar-refractivity contribution in [1.29, 1.82) is 0 Å². The average Bonchev–Trinajstić information content (AvgIpc) is 3.14. The van der Waals surface area contributed by atoms with Crippen LogP contribution in [0.5, 0.6) is 0 Å². The average molecular weight is 376 g/mol. The Hall–Kier alpha value is -2.96. The third-order valence-corrected chi connectivity index (χ3v) is 6.06. The number of hydrogen-bond acceptors (Lipinski definition) is 5. The van der Waals surface area contributed by atoms with E-state index in [-0.39, 0.29) is 5.92 Å². The van der Waals surface area contributed by atoms with Gasteiger partial charge in [-0.25, -0.2) is 15.0 Å². The maximum absolute atomic E-state index is 13.1. The molecule has 2 aromatic heterocycles. The molecule has 0 aliphatic carbocycles. The Morgan fingerprint density at radius 1 is 1.04 bits per heavy atom. The fourth-order valence-electron chi connectivity index (χ4n) is 4.44. The molecule has 0 saturated carbocycles. The second-order valence-corrected chi connectivity index (χ2v) is 7.76. The van der Waals surface area contributed by atoms with Gasteiger partial charge in [0.05, 0.1) is 6.33 Å². The lowest BCUT2D eigenvalue weighted by atomic mass is 9.93. The highest BCUT2D eigenvalue weighted by atomic mass is 16.2. The van der Waals surface area contributed by atoms with Crippen molar-refractivity contribution < 1.29 is 4.79 Å². The molecule has 7 nitrogen and oxygen atoms in total. The summed E-state index contributed by atoms with van der Waals surface area (Å²) in [6, 6.07) is 8.46. The van der Waals surface area contributed by atoms with Crippen LogP contribution in [0.15, 0.2) is 36.9 Å². The van der Waals surface area contributed by atoms with Crippen LogP contribution in [-0.2, 0) is 24.8 Å². The molecular formula is C21H24N6O. The van der Waals surface area contributed by atoms with Gasteiger partial charge < -0.3 is 14.4 Å². The first-order valence-corrected chi connectivity index (χ1v) is 9.93. The van der Waals surface area contributed by atoms with Crippen LogP contribution >= 0.6 is 0 Å². The molecule has 144 valence electrons.